The molecule has 5 nitrogen and oxygen atoms in total. The molecule has 2 aromatic rings. The normalized spacial score (nSPS) is 10.0. The van der Waals surface area contributed by atoms with Gasteiger partial charge in [0.05, 0.1) is 0 Å². The minimum Gasteiger partial charge on any atom is -0.441 e. The molecule has 17 heavy (non-hydrogen) atoms. The van der Waals surface area contributed by atoms with Gasteiger partial charge in [0.25, 0.3) is 0 Å². The maximum Gasteiger partial charge on any atom is 0.225 e. The van der Waals surface area contributed by atoms with Crippen molar-refractivity contribution in [1.29, 1.82) is 0 Å². The molecule has 0 aliphatic carbocycles. The van der Waals surface area contributed by atoms with Gasteiger partial charge < -0.3 is 15.5 Å². The van der Waals surface area contributed by atoms with Crippen LogP contribution >= 0.6 is 12.4 Å². The molecule has 0 spiro atoms. The highest BCUT2D eigenvalue weighted by Gasteiger charge is 2.05. The lowest BCUT2D eigenvalue weighted by Gasteiger charge is -2.02. The van der Waals surface area contributed by atoms with Crippen LogP contribution in [0, 0.1) is 6.92 Å². The predicted octanol–water partition coefficient (Wildman–Crippen LogP) is 1.85. The molecular weight excluding hydrogens is 242 g/mol. The SMILES string of the molecule is Cc1nc2cc(NC(=O)CCN)ccc2o1.Cl. The van der Waals surface area contributed by atoms with Crippen molar-refractivity contribution < 1.29 is 9.21 Å². The van der Waals surface area contributed by atoms with Crippen LogP contribution in [0.3, 0.4) is 0 Å². The maximum absolute atomic E-state index is 11.3. The number of nitrogens with two attached hydrogens (primary N) is 1. The van der Waals surface area contributed by atoms with Gasteiger partial charge in [-0.25, -0.2) is 4.98 Å². The lowest BCUT2D eigenvalue weighted by atomic mass is 10.2. The number of carbonyl (C=O) groups excluding carboxylic acids is 1. The summed E-state index contributed by atoms with van der Waals surface area (Å²) in [7, 11) is 0. The van der Waals surface area contributed by atoms with E-state index in [9.17, 15) is 4.79 Å². The largest absolute Gasteiger partial charge is 0.441 e. The van der Waals surface area contributed by atoms with Crippen molar-refractivity contribution in [2.24, 2.45) is 5.73 Å². The van der Waals surface area contributed by atoms with Crippen molar-refractivity contribution in [3.63, 3.8) is 0 Å². The molecule has 0 saturated heterocycles. The van der Waals surface area contributed by atoms with Crippen molar-refractivity contribution in [2.75, 3.05) is 11.9 Å². The summed E-state index contributed by atoms with van der Waals surface area (Å²) in [4.78, 5) is 15.5. The Hall–Kier alpha value is -1.59. The van der Waals surface area contributed by atoms with Crippen molar-refractivity contribution in [1.82, 2.24) is 4.98 Å². The number of halogens is 1. The summed E-state index contributed by atoms with van der Waals surface area (Å²) in [5.74, 6) is 0.516. The Labute approximate surface area is 105 Å². The smallest absolute Gasteiger partial charge is 0.225 e. The molecule has 2 rings (SSSR count). The molecule has 0 unspecified atom stereocenters. The number of carbonyl (C=O) groups is 1. The Balaban J connectivity index is 0.00000144. The third kappa shape index (κ3) is 3.18. The van der Waals surface area contributed by atoms with Crippen molar-refractivity contribution >= 4 is 35.1 Å². The van der Waals surface area contributed by atoms with Crippen molar-refractivity contribution in [3.05, 3.63) is 24.1 Å². The van der Waals surface area contributed by atoms with E-state index in [1.807, 2.05) is 0 Å². The number of benzene rings is 1. The van der Waals surface area contributed by atoms with E-state index in [-0.39, 0.29) is 18.3 Å². The molecule has 0 aliphatic heterocycles. The predicted molar refractivity (Wildman–Crippen MR) is 68.3 cm³/mol. The fourth-order valence-electron chi connectivity index (χ4n) is 1.47. The van der Waals surface area contributed by atoms with Gasteiger partial charge in [-0.05, 0) is 18.2 Å². The molecule has 1 aromatic carbocycles. The number of hydrogen-bond acceptors (Lipinski definition) is 4. The summed E-state index contributed by atoms with van der Waals surface area (Å²) in [6.45, 7) is 2.13. The number of nitrogens with one attached hydrogen (secondary N) is 1. The van der Waals surface area contributed by atoms with Crippen LogP contribution in [0.4, 0.5) is 5.69 Å². The fourth-order valence-corrected chi connectivity index (χ4v) is 1.47. The van der Waals surface area contributed by atoms with Crippen LogP contribution in [0.2, 0.25) is 0 Å². The molecule has 0 saturated carbocycles. The quantitative estimate of drug-likeness (QED) is 0.877. The van der Waals surface area contributed by atoms with Gasteiger partial charge in [-0.3, -0.25) is 4.79 Å². The van der Waals surface area contributed by atoms with E-state index in [4.69, 9.17) is 10.2 Å². The van der Waals surface area contributed by atoms with Gasteiger partial charge >= 0.3 is 0 Å². The molecule has 92 valence electrons. The Morgan fingerprint density at radius 3 is 3.00 bits per heavy atom. The highest BCUT2D eigenvalue weighted by atomic mass is 35.5. The topological polar surface area (TPSA) is 81.2 Å². The van der Waals surface area contributed by atoms with E-state index in [2.05, 4.69) is 10.3 Å². The lowest BCUT2D eigenvalue weighted by Crippen LogP contribution is -2.15. The summed E-state index contributed by atoms with van der Waals surface area (Å²) in [6, 6.07) is 5.34. The van der Waals surface area contributed by atoms with Crippen LogP contribution in [0.1, 0.15) is 12.3 Å². The average Bonchev–Trinajstić information content (AvgIpc) is 2.57. The second kappa shape index (κ2) is 5.65. The van der Waals surface area contributed by atoms with Crippen LogP contribution in [0.5, 0.6) is 0 Å². The first-order valence-electron chi connectivity index (χ1n) is 5.06. The van der Waals surface area contributed by atoms with Crippen LogP contribution in [-0.2, 0) is 4.79 Å². The number of nitrogens with zero attached hydrogens (tertiary/aromatic N) is 1. The fraction of sp³-hybridized carbons (Fsp3) is 0.273. The Kier molecular flexibility index (Phi) is 4.48. The third-order valence-corrected chi connectivity index (χ3v) is 2.15. The zero-order valence-corrected chi connectivity index (χ0v) is 10.2. The van der Waals surface area contributed by atoms with Crippen LogP contribution in [-0.4, -0.2) is 17.4 Å². The number of rotatable bonds is 3. The standard InChI is InChI=1S/C11H13N3O2.ClH/c1-7-13-9-6-8(2-3-10(9)16-7)14-11(15)4-5-12;/h2-3,6H,4-5,12H2,1H3,(H,14,15);1H. The molecule has 0 fully saturated rings. The highest BCUT2D eigenvalue weighted by Crippen LogP contribution is 2.19. The Morgan fingerprint density at radius 2 is 2.29 bits per heavy atom. The highest BCUT2D eigenvalue weighted by molar-refractivity contribution is 5.92. The number of aryl methyl sites for hydroxylation is 1. The van der Waals surface area contributed by atoms with Gasteiger partial charge in [0.15, 0.2) is 11.5 Å². The number of fused-ring (bicyclic) bond motifs is 1. The Morgan fingerprint density at radius 1 is 1.53 bits per heavy atom. The zero-order valence-electron chi connectivity index (χ0n) is 9.40. The van der Waals surface area contributed by atoms with Gasteiger partial charge in [0.2, 0.25) is 5.91 Å². The van der Waals surface area contributed by atoms with Gasteiger partial charge in [-0.15, -0.1) is 12.4 Å². The molecule has 3 N–H and O–H groups in total. The molecule has 0 aliphatic rings. The van der Waals surface area contributed by atoms with E-state index in [0.717, 1.165) is 5.52 Å². The number of hydrogen-bond donors (Lipinski definition) is 2. The molecule has 0 radical (unpaired) electrons. The van der Waals surface area contributed by atoms with Crippen LogP contribution < -0.4 is 11.1 Å². The second-order valence-corrected chi connectivity index (χ2v) is 3.50. The first-order chi connectivity index (χ1) is 7.69. The van der Waals surface area contributed by atoms with E-state index >= 15 is 0 Å². The Bertz CT molecular complexity index is 524. The maximum atomic E-state index is 11.3. The number of oxazole rings is 1. The molecule has 1 amide bonds. The minimum atomic E-state index is -0.0953. The van der Waals surface area contributed by atoms with E-state index in [1.54, 1.807) is 25.1 Å². The van der Waals surface area contributed by atoms with Gasteiger partial charge in [0, 0.05) is 25.6 Å². The summed E-state index contributed by atoms with van der Waals surface area (Å²) < 4.78 is 5.33. The summed E-state index contributed by atoms with van der Waals surface area (Å²) in [5.41, 5.74) is 7.45. The van der Waals surface area contributed by atoms with Gasteiger partial charge in [-0.2, -0.15) is 0 Å². The van der Waals surface area contributed by atoms with Gasteiger partial charge in [0.1, 0.15) is 5.52 Å². The molecule has 1 heterocycles. The van der Waals surface area contributed by atoms with Crippen molar-refractivity contribution in [2.45, 2.75) is 13.3 Å². The van der Waals surface area contributed by atoms with Crippen LogP contribution in [0.15, 0.2) is 22.6 Å². The average molecular weight is 256 g/mol. The van der Waals surface area contributed by atoms with Crippen molar-refractivity contribution in [3.8, 4) is 0 Å². The molecular formula is C11H14ClN3O2. The van der Waals surface area contributed by atoms with E-state index in [0.29, 0.717) is 30.1 Å². The van der Waals surface area contributed by atoms with E-state index in [1.165, 1.54) is 0 Å². The molecule has 1 aromatic heterocycles. The molecule has 0 bridgehead atoms. The second-order valence-electron chi connectivity index (χ2n) is 3.50. The van der Waals surface area contributed by atoms with Crippen LogP contribution in [0.25, 0.3) is 11.1 Å². The van der Waals surface area contributed by atoms with Gasteiger partial charge in [-0.1, -0.05) is 0 Å². The molecule has 6 heteroatoms. The third-order valence-electron chi connectivity index (χ3n) is 2.15. The monoisotopic (exact) mass is 255 g/mol. The summed E-state index contributed by atoms with van der Waals surface area (Å²) in [5, 5.41) is 2.74. The first-order valence-corrected chi connectivity index (χ1v) is 5.06. The lowest BCUT2D eigenvalue weighted by molar-refractivity contribution is -0.116. The number of amides is 1. The van der Waals surface area contributed by atoms with E-state index < -0.39 is 0 Å². The number of anilines is 1. The number of aromatic nitrogens is 1. The summed E-state index contributed by atoms with van der Waals surface area (Å²) >= 11 is 0. The zero-order chi connectivity index (χ0) is 11.5. The summed E-state index contributed by atoms with van der Waals surface area (Å²) in [6.07, 6.45) is 0.315. The molecule has 0 atom stereocenters. The first kappa shape index (κ1) is 13.5. The minimum absolute atomic E-state index is 0.